The van der Waals surface area contributed by atoms with Crippen molar-refractivity contribution in [1.29, 1.82) is 0 Å². The first-order valence-electron chi connectivity index (χ1n) is 7.43. The van der Waals surface area contributed by atoms with Crippen LogP contribution in [0.5, 0.6) is 0 Å². The Morgan fingerprint density at radius 3 is 2.45 bits per heavy atom. The van der Waals surface area contributed by atoms with Crippen LogP contribution in [-0.2, 0) is 9.59 Å². The van der Waals surface area contributed by atoms with Crippen LogP contribution in [0.25, 0.3) is 0 Å². The largest absolute Gasteiger partial charge is 0.345 e. The molecule has 1 unspecified atom stereocenters. The number of nitrogens with one attached hydrogen (secondary N) is 2. The fraction of sp³-hybridized carbons (Fsp3) is 0.857. The Labute approximate surface area is 127 Å². The number of halogens is 1. The SMILES string of the molecule is CC1(C(=O)NCC(=O)N2CCCCC2)CCCCN1.Cl. The molecule has 0 bridgehead atoms. The zero-order chi connectivity index (χ0) is 13.7. The summed E-state index contributed by atoms with van der Waals surface area (Å²) in [5.74, 6) is 0.00465. The van der Waals surface area contributed by atoms with E-state index in [0.29, 0.717) is 0 Å². The number of hydrogen-bond donors (Lipinski definition) is 2. The summed E-state index contributed by atoms with van der Waals surface area (Å²) < 4.78 is 0. The first kappa shape index (κ1) is 17.2. The molecule has 0 saturated carbocycles. The molecule has 0 aromatic heterocycles. The molecular formula is C14H26ClN3O2. The van der Waals surface area contributed by atoms with Gasteiger partial charge in [0.25, 0.3) is 0 Å². The predicted molar refractivity (Wildman–Crippen MR) is 80.9 cm³/mol. The predicted octanol–water partition coefficient (Wildman–Crippen LogP) is 1.07. The van der Waals surface area contributed by atoms with Gasteiger partial charge >= 0.3 is 0 Å². The molecule has 2 rings (SSSR count). The number of carbonyl (C=O) groups excluding carboxylic acids is 2. The van der Waals surface area contributed by atoms with E-state index in [9.17, 15) is 9.59 Å². The summed E-state index contributed by atoms with van der Waals surface area (Å²) in [4.78, 5) is 26.0. The van der Waals surface area contributed by atoms with Crippen molar-refractivity contribution in [2.75, 3.05) is 26.2 Å². The highest BCUT2D eigenvalue weighted by molar-refractivity contribution is 5.90. The van der Waals surface area contributed by atoms with E-state index in [1.807, 2.05) is 11.8 Å². The Bertz CT molecular complexity index is 337. The van der Waals surface area contributed by atoms with E-state index < -0.39 is 5.54 Å². The van der Waals surface area contributed by atoms with Crippen LogP contribution in [0.1, 0.15) is 45.4 Å². The summed E-state index contributed by atoms with van der Waals surface area (Å²) >= 11 is 0. The molecule has 2 N–H and O–H groups in total. The molecule has 116 valence electrons. The molecule has 0 aromatic rings. The average molecular weight is 304 g/mol. The minimum Gasteiger partial charge on any atom is -0.345 e. The standard InChI is InChI=1S/C14H25N3O2.ClH/c1-14(7-3-4-8-16-14)13(19)15-11-12(18)17-9-5-2-6-10-17;/h16H,2-11H2,1H3,(H,15,19);1H. The molecule has 0 radical (unpaired) electrons. The first-order chi connectivity index (χ1) is 9.12. The lowest BCUT2D eigenvalue weighted by molar-refractivity contribution is -0.135. The molecule has 2 aliphatic rings. The third-order valence-corrected chi connectivity index (χ3v) is 4.23. The quantitative estimate of drug-likeness (QED) is 0.820. The van der Waals surface area contributed by atoms with Gasteiger partial charge in [-0.05, 0) is 52.0 Å². The van der Waals surface area contributed by atoms with Gasteiger partial charge in [0, 0.05) is 13.1 Å². The van der Waals surface area contributed by atoms with Gasteiger partial charge in [-0.2, -0.15) is 0 Å². The Hall–Kier alpha value is -0.810. The second kappa shape index (κ2) is 7.84. The van der Waals surface area contributed by atoms with E-state index in [0.717, 1.165) is 51.7 Å². The van der Waals surface area contributed by atoms with Crippen LogP contribution in [0.15, 0.2) is 0 Å². The van der Waals surface area contributed by atoms with E-state index >= 15 is 0 Å². The maximum absolute atomic E-state index is 12.2. The van der Waals surface area contributed by atoms with Crippen LogP contribution >= 0.6 is 12.4 Å². The van der Waals surface area contributed by atoms with Crippen molar-refractivity contribution in [2.45, 2.75) is 51.0 Å². The minimum absolute atomic E-state index is 0. The van der Waals surface area contributed by atoms with Gasteiger partial charge in [-0.3, -0.25) is 9.59 Å². The first-order valence-corrected chi connectivity index (χ1v) is 7.43. The summed E-state index contributed by atoms with van der Waals surface area (Å²) in [7, 11) is 0. The second-order valence-electron chi connectivity index (χ2n) is 5.84. The van der Waals surface area contributed by atoms with Crippen LogP contribution in [0.3, 0.4) is 0 Å². The van der Waals surface area contributed by atoms with Crippen LogP contribution in [0.4, 0.5) is 0 Å². The number of hydrogen-bond acceptors (Lipinski definition) is 3. The van der Waals surface area contributed by atoms with Crippen molar-refractivity contribution in [2.24, 2.45) is 0 Å². The fourth-order valence-corrected chi connectivity index (χ4v) is 2.86. The Kier molecular flexibility index (Phi) is 6.76. The van der Waals surface area contributed by atoms with Gasteiger partial charge in [-0.25, -0.2) is 0 Å². The van der Waals surface area contributed by atoms with E-state index in [-0.39, 0.29) is 30.8 Å². The number of nitrogens with zero attached hydrogens (tertiary/aromatic N) is 1. The molecule has 6 heteroatoms. The molecule has 0 aromatic carbocycles. The smallest absolute Gasteiger partial charge is 0.241 e. The van der Waals surface area contributed by atoms with Gasteiger partial charge in [-0.1, -0.05) is 0 Å². The van der Waals surface area contributed by atoms with Crippen molar-refractivity contribution >= 4 is 24.2 Å². The summed E-state index contributed by atoms with van der Waals surface area (Å²) in [6.45, 7) is 4.61. The van der Waals surface area contributed by atoms with E-state index in [1.165, 1.54) is 6.42 Å². The van der Waals surface area contributed by atoms with E-state index in [1.54, 1.807) is 0 Å². The zero-order valence-corrected chi connectivity index (χ0v) is 13.1. The lowest BCUT2D eigenvalue weighted by Crippen LogP contribution is -2.58. The number of likely N-dealkylation sites (tertiary alicyclic amines) is 1. The Morgan fingerprint density at radius 2 is 1.85 bits per heavy atom. The maximum atomic E-state index is 12.2. The Balaban J connectivity index is 0.00000200. The monoisotopic (exact) mass is 303 g/mol. The van der Waals surface area contributed by atoms with Crippen molar-refractivity contribution in [3.8, 4) is 0 Å². The van der Waals surface area contributed by atoms with Crippen molar-refractivity contribution < 1.29 is 9.59 Å². The van der Waals surface area contributed by atoms with Gasteiger partial charge in [0.15, 0.2) is 0 Å². The van der Waals surface area contributed by atoms with Crippen molar-refractivity contribution in [3.63, 3.8) is 0 Å². The lowest BCUT2D eigenvalue weighted by Gasteiger charge is -2.34. The molecule has 2 amide bonds. The van der Waals surface area contributed by atoms with Gasteiger partial charge < -0.3 is 15.5 Å². The van der Waals surface area contributed by atoms with Gasteiger partial charge in [0.05, 0.1) is 12.1 Å². The molecule has 1 atom stereocenters. The molecule has 2 fully saturated rings. The molecule has 0 aliphatic carbocycles. The third-order valence-electron chi connectivity index (χ3n) is 4.23. The van der Waals surface area contributed by atoms with E-state index in [4.69, 9.17) is 0 Å². The lowest BCUT2D eigenvalue weighted by atomic mass is 9.90. The molecular weight excluding hydrogens is 278 g/mol. The van der Waals surface area contributed by atoms with E-state index in [2.05, 4.69) is 10.6 Å². The molecule has 2 saturated heterocycles. The summed E-state index contributed by atoms with van der Waals surface area (Å²) in [6.07, 6.45) is 6.40. The highest BCUT2D eigenvalue weighted by Gasteiger charge is 2.34. The summed E-state index contributed by atoms with van der Waals surface area (Å²) in [6, 6.07) is 0. The van der Waals surface area contributed by atoms with Crippen LogP contribution in [0.2, 0.25) is 0 Å². The van der Waals surface area contributed by atoms with Crippen molar-refractivity contribution in [1.82, 2.24) is 15.5 Å². The highest BCUT2D eigenvalue weighted by atomic mass is 35.5. The van der Waals surface area contributed by atoms with Gasteiger partial charge in [0.1, 0.15) is 0 Å². The Morgan fingerprint density at radius 1 is 1.15 bits per heavy atom. The van der Waals surface area contributed by atoms with Crippen LogP contribution in [0, 0.1) is 0 Å². The van der Waals surface area contributed by atoms with Gasteiger partial charge in [-0.15, -0.1) is 12.4 Å². The average Bonchev–Trinajstić information content (AvgIpc) is 2.46. The molecule has 20 heavy (non-hydrogen) atoms. The number of carbonyl (C=O) groups is 2. The summed E-state index contributed by atoms with van der Waals surface area (Å²) in [5.41, 5.74) is -0.500. The third kappa shape index (κ3) is 4.35. The van der Waals surface area contributed by atoms with Crippen LogP contribution in [-0.4, -0.2) is 48.4 Å². The molecule has 5 nitrogen and oxygen atoms in total. The summed E-state index contributed by atoms with van der Waals surface area (Å²) in [5, 5.41) is 6.06. The molecule has 2 heterocycles. The molecule has 0 spiro atoms. The number of rotatable bonds is 3. The van der Waals surface area contributed by atoms with Crippen LogP contribution < -0.4 is 10.6 Å². The number of piperidine rings is 2. The number of amides is 2. The maximum Gasteiger partial charge on any atom is 0.241 e. The fourth-order valence-electron chi connectivity index (χ4n) is 2.86. The molecule has 2 aliphatic heterocycles. The highest BCUT2D eigenvalue weighted by Crippen LogP contribution is 2.18. The van der Waals surface area contributed by atoms with Crippen molar-refractivity contribution in [3.05, 3.63) is 0 Å². The topological polar surface area (TPSA) is 61.4 Å². The zero-order valence-electron chi connectivity index (χ0n) is 12.2. The second-order valence-corrected chi connectivity index (χ2v) is 5.84. The van der Waals surface area contributed by atoms with Gasteiger partial charge in [0.2, 0.25) is 11.8 Å². The minimum atomic E-state index is -0.500. The normalized spacial score (nSPS) is 26.6.